The number of aromatic nitrogens is 3. The molecule has 25 heavy (non-hydrogen) atoms. The normalized spacial score (nSPS) is 22.8. The molecule has 0 N–H and O–H groups in total. The van der Waals surface area contributed by atoms with Crippen LogP contribution in [0.25, 0.3) is 11.3 Å². The molecule has 2 aromatic heterocycles. The molecule has 0 bridgehead atoms. The van der Waals surface area contributed by atoms with Crippen molar-refractivity contribution in [3.8, 4) is 11.3 Å². The van der Waals surface area contributed by atoms with Crippen LogP contribution >= 0.6 is 0 Å². The molecule has 2 aliphatic heterocycles. The van der Waals surface area contributed by atoms with Crippen LogP contribution in [0.3, 0.4) is 0 Å². The van der Waals surface area contributed by atoms with Crippen LogP contribution in [0.4, 0.5) is 4.39 Å². The van der Waals surface area contributed by atoms with Crippen molar-refractivity contribution in [2.24, 2.45) is 0 Å². The van der Waals surface area contributed by atoms with E-state index in [0.29, 0.717) is 6.61 Å². The van der Waals surface area contributed by atoms with Crippen LogP contribution in [0, 0.1) is 5.82 Å². The van der Waals surface area contributed by atoms with E-state index in [1.807, 2.05) is 10.7 Å². The second-order valence-corrected chi connectivity index (χ2v) is 6.58. The van der Waals surface area contributed by atoms with Crippen LogP contribution in [0.1, 0.15) is 17.3 Å². The number of halogens is 1. The standard InChI is InChI=1S/C18H17FN4O2/c19-14-3-1-13(2-4-14)18-16-11-25-17-9-22(7-12-5-6-24-10-12)8-15(17)23(16)21-20-18/h1-6,10,15,17H,7-9,11H2/t15-,17?/m1/s1. The third kappa shape index (κ3) is 2.56. The van der Waals surface area contributed by atoms with Gasteiger partial charge in [-0.05, 0) is 30.3 Å². The molecule has 0 spiro atoms. The molecule has 0 amide bonds. The molecule has 5 rings (SSSR count). The number of fused-ring (bicyclic) bond motifs is 3. The summed E-state index contributed by atoms with van der Waals surface area (Å²) < 4.78 is 26.4. The van der Waals surface area contributed by atoms with Crippen molar-refractivity contribution in [3.05, 3.63) is 59.9 Å². The van der Waals surface area contributed by atoms with Gasteiger partial charge in [0.2, 0.25) is 0 Å². The Balaban J connectivity index is 1.41. The number of hydrogen-bond acceptors (Lipinski definition) is 5. The summed E-state index contributed by atoms with van der Waals surface area (Å²) in [5, 5.41) is 8.71. The lowest BCUT2D eigenvalue weighted by atomic mass is 10.1. The summed E-state index contributed by atoms with van der Waals surface area (Å²) in [7, 11) is 0. The lowest BCUT2D eigenvalue weighted by molar-refractivity contribution is -0.00494. The molecule has 0 saturated carbocycles. The fourth-order valence-electron chi connectivity index (χ4n) is 3.73. The summed E-state index contributed by atoms with van der Waals surface area (Å²) in [6.07, 6.45) is 3.58. The fourth-order valence-corrected chi connectivity index (χ4v) is 3.73. The van der Waals surface area contributed by atoms with Gasteiger partial charge in [-0.3, -0.25) is 4.90 Å². The molecule has 1 unspecified atom stereocenters. The van der Waals surface area contributed by atoms with Gasteiger partial charge in [0.15, 0.2) is 0 Å². The van der Waals surface area contributed by atoms with Gasteiger partial charge in [0, 0.05) is 30.8 Å². The average Bonchev–Trinajstić information content (AvgIpc) is 3.33. The van der Waals surface area contributed by atoms with Crippen LogP contribution in [0.2, 0.25) is 0 Å². The fraction of sp³-hybridized carbons (Fsp3) is 0.333. The Bertz CT molecular complexity index is 875. The van der Waals surface area contributed by atoms with Crippen molar-refractivity contribution in [2.75, 3.05) is 13.1 Å². The highest BCUT2D eigenvalue weighted by Gasteiger charge is 2.40. The molecule has 6 nitrogen and oxygen atoms in total. The van der Waals surface area contributed by atoms with E-state index in [-0.39, 0.29) is 18.0 Å². The number of likely N-dealkylation sites (tertiary alicyclic amines) is 1. The molecule has 4 heterocycles. The second-order valence-electron chi connectivity index (χ2n) is 6.58. The van der Waals surface area contributed by atoms with E-state index in [9.17, 15) is 4.39 Å². The quantitative estimate of drug-likeness (QED) is 0.734. The monoisotopic (exact) mass is 340 g/mol. The topological polar surface area (TPSA) is 56.3 Å². The van der Waals surface area contributed by atoms with E-state index < -0.39 is 0 Å². The van der Waals surface area contributed by atoms with Crippen molar-refractivity contribution < 1.29 is 13.5 Å². The highest BCUT2D eigenvalue weighted by molar-refractivity contribution is 5.61. The Morgan fingerprint density at radius 2 is 2.04 bits per heavy atom. The molecule has 1 fully saturated rings. The summed E-state index contributed by atoms with van der Waals surface area (Å²) in [5.41, 5.74) is 3.74. The minimum atomic E-state index is -0.258. The number of hydrogen-bond donors (Lipinski definition) is 0. The Morgan fingerprint density at radius 1 is 1.16 bits per heavy atom. The zero-order chi connectivity index (χ0) is 16.8. The Hall–Kier alpha value is -2.51. The summed E-state index contributed by atoms with van der Waals surface area (Å²) in [5.74, 6) is -0.258. The van der Waals surface area contributed by atoms with E-state index in [4.69, 9.17) is 9.15 Å². The predicted octanol–water partition coefficient (Wildman–Crippen LogP) is 2.63. The van der Waals surface area contributed by atoms with Gasteiger partial charge in [-0.25, -0.2) is 9.07 Å². The van der Waals surface area contributed by atoms with Crippen LogP contribution in [-0.4, -0.2) is 39.1 Å². The first-order valence-electron chi connectivity index (χ1n) is 8.33. The molecule has 0 aliphatic carbocycles. The Morgan fingerprint density at radius 3 is 2.84 bits per heavy atom. The number of benzene rings is 1. The molecule has 0 radical (unpaired) electrons. The first-order chi connectivity index (χ1) is 12.3. The average molecular weight is 340 g/mol. The molecule has 7 heteroatoms. The summed E-state index contributed by atoms with van der Waals surface area (Å²) in [6, 6.07) is 8.47. The van der Waals surface area contributed by atoms with Gasteiger partial charge < -0.3 is 9.15 Å². The molecule has 3 aromatic rings. The van der Waals surface area contributed by atoms with Crippen LogP contribution in [-0.2, 0) is 17.9 Å². The molecular formula is C18H17FN4O2. The third-order valence-corrected chi connectivity index (χ3v) is 4.96. The maximum Gasteiger partial charge on any atom is 0.123 e. The SMILES string of the molecule is Fc1ccc(-c2nnn3c2COC2CN(Cc4ccoc4)C[C@H]23)cc1. The van der Waals surface area contributed by atoms with E-state index in [2.05, 4.69) is 15.2 Å². The lowest BCUT2D eigenvalue weighted by Crippen LogP contribution is -2.32. The lowest BCUT2D eigenvalue weighted by Gasteiger charge is -2.26. The molecule has 2 atom stereocenters. The number of ether oxygens (including phenoxy) is 1. The van der Waals surface area contributed by atoms with Gasteiger partial charge in [-0.1, -0.05) is 5.21 Å². The highest BCUT2D eigenvalue weighted by atomic mass is 19.1. The van der Waals surface area contributed by atoms with Crippen LogP contribution in [0.5, 0.6) is 0 Å². The maximum atomic E-state index is 13.2. The van der Waals surface area contributed by atoms with Crippen molar-refractivity contribution in [1.82, 2.24) is 19.9 Å². The Labute approximate surface area is 143 Å². The van der Waals surface area contributed by atoms with Gasteiger partial charge >= 0.3 is 0 Å². The number of nitrogens with zero attached hydrogens (tertiary/aromatic N) is 4. The Kier molecular flexibility index (Phi) is 3.43. The molecular weight excluding hydrogens is 323 g/mol. The van der Waals surface area contributed by atoms with Gasteiger partial charge in [-0.2, -0.15) is 0 Å². The first kappa shape index (κ1) is 14.8. The first-order valence-corrected chi connectivity index (χ1v) is 8.33. The zero-order valence-corrected chi connectivity index (χ0v) is 13.5. The maximum absolute atomic E-state index is 13.2. The molecule has 1 saturated heterocycles. The second kappa shape index (κ2) is 5.79. The minimum Gasteiger partial charge on any atom is -0.472 e. The number of furan rings is 1. The third-order valence-electron chi connectivity index (χ3n) is 4.96. The largest absolute Gasteiger partial charge is 0.472 e. The molecule has 1 aromatic carbocycles. The van der Waals surface area contributed by atoms with Gasteiger partial charge in [0.25, 0.3) is 0 Å². The van der Waals surface area contributed by atoms with Gasteiger partial charge in [-0.15, -0.1) is 5.10 Å². The molecule has 2 aliphatic rings. The van der Waals surface area contributed by atoms with E-state index in [0.717, 1.165) is 42.1 Å². The van der Waals surface area contributed by atoms with Gasteiger partial charge in [0.1, 0.15) is 11.5 Å². The molecule has 128 valence electrons. The number of rotatable bonds is 3. The zero-order valence-electron chi connectivity index (χ0n) is 13.5. The summed E-state index contributed by atoms with van der Waals surface area (Å²) in [4.78, 5) is 2.34. The van der Waals surface area contributed by atoms with Crippen molar-refractivity contribution in [1.29, 1.82) is 0 Å². The van der Waals surface area contributed by atoms with E-state index in [1.165, 1.54) is 12.1 Å². The smallest absolute Gasteiger partial charge is 0.123 e. The van der Waals surface area contributed by atoms with E-state index >= 15 is 0 Å². The predicted molar refractivity (Wildman–Crippen MR) is 87.0 cm³/mol. The van der Waals surface area contributed by atoms with Gasteiger partial charge in [0.05, 0.1) is 37.0 Å². The van der Waals surface area contributed by atoms with Crippen LogP contribution < -0.4 is 0 Å². The van der Waals surface area contributed by atoms with E-state index in [1.54, 1.807) is 24.7 Å². The highest BCUT2D eigenvalue weighted by Crippen LogP contribution is 2.34. The summed E-state index contributed by atoms with van der Waals surface area (Å²) in [6.45, 7) is 3.03. The van der Waals surface area contributed by atoms with Crippen molar-refractivity contribution in [2.45, 2.75) is 25.3 Å². The van der Waals surface area contributed by atoms with Crippen LogP contribution in [0.15, 0.2) is 47.3 Å². The summed E-state index contributed by atoms with van der Waals surface area (Å²) >= 11 is 0. The van der Waals surface area contributed by atoms with Crippen molar-refractivity contribution in [3.63, 3.8) is 0 Å². The van der Waals surface area contributed by atoms with Crippen molar-refractivity contribution >= 4 is 0 Å². The minimum absolute atomic E-state index is 0.113.